The lowest BCUT2D eigenvalue weighted by molar-refractivity contribution is -0.115. The molecule has 0 atom stereocenters. The van der Waals surface area contributed by atoms with E-state index >= 15 is 0 Å². The first-order valence-corrected chi connectivity index (χ1v) is 9.44. The van der Waals surface area contributed by atoms with Gasteiger partial charge < -0.3 is 10.2 Å². The topological polar surface area (TPSA) is 62.3 Å². The monoisotopic (exact) mass is 355 g/mol. The third kappa shape index (κ3) is 5.06. The molecule has 1 aliphatic heterocycles. The number of carbonyl (C=O) groups excluding carboxylic acids is 2. The Hall–Kier alpha value is -2.34. The molecule has 1 aliphatic rings. The van der Waals surface area contributed by atoms with Crippen molar-refractivity contribution in [2.45, 2.75) is 24.3 Å². The molecule has 2 aromatic rings. The van der Waals surface area contributed by atoms with Gasteiger partial charge in [0.2, 0.25) is 5.91 Å². The van der Waals surface area contributed by atoms with Gasteiger partial charge in [0.1, 0.15) is 0 Å². The van der Waals surface area contributed by atoms with Gasteiger partial charge >= 0.3 is 0 Å². The molecule has 6 heteroatoms. The fourth-order valence-corrected chi connectivity index (χ4v) is 3.48. The summed E-state index contributed by atoms with van der Waals surface area (Å²) >= 11 is 1.52. The van der Waals surface area contributed by atoms with Crippen molar-refractivity contribution in [3.8, 4) is 0 Å². The number of nitrogens with zero attached hydrogens (tertiary/aromatic N) is 2. The molecule has 2 amide bonds. The van der Waals surface area contributed by atoms with E-state index in [1.54, 1.807) is 6.20 Å². The molecule has 1 N–H and O–H groups in total. The maximum Gasteiger partial charge on any atom is 0.255 e. The molecule has 0 saturated carbocycles. The Labute approximate surface area is 151 Å². The van der Waals surface area contributed by atoms with E-state index in [2.05, 4.69) is 10.3 Å². The molecule has 0 aliphatic carbocycles. The Kier molecular flexibility index (Phi) is 6.06. The molecule has 1 aromatic heterocycles. The van der Waals surface area contributed by atoms with E-state index in [4.69, 9.17) is 0 Å². The number of para-hydroxylation sites is 1. The highest BCUT2D eigenvalue weighted by molar-refractivity contribution is 7.99. The number of carbonyl (C=O) groups is 2. The van der Waals surface area contributed by atoms with Crippen LogP contribution >= 0.6 is 11.8 Å². The van der Waals surface area contributed by atoms with Crippen LogP contribution in [0.1, 0.15) is 29.6 Å². The van der Waals surface area contributed by atoms with Gasteiger partial charge in [-0.25, -0.2) is 4.98 Å². The predicted molar refractivity (Wildman–Crippen MR) is 99.8 cm³/mol. The van der Waals surface area contributed by atoms with Crippen LogP contribution in [0.15, 0.2) is 53.7 Å². The maximum atomic E-state index is 12.3. The number of rotatable bonds is 6. The van der Waals surface area contributed by atoms with E-state index in [1.807, 2.05) is 47.4 Å². The highest BCUT2D eigenvalue weighted by Gasteiger charge is 2.19. The summed E-state index contributed by atoms with van der Waals surface area (Å²) in [5.74, 6) is 0.689. The Morgan fingerprint density at radius 3 is 2.52 bits per heavy atom. The molecule has 5 nitrogen and oxygen atoms in total. The van der Waals surface area contributed by atoms with E-state index in [0.29, 0.717) is 17.7 Å². The predicted octanol–water partition coefficient (Wildman–Crippen LogP) is 3.44. The van der Waals surface area contributed by atoms with Crippen molar-refractivity contribution in [1.29, 1.82) is 0 Å². The van der Waals surface area contributed by atoms with Crippen LogP contribution in [0.4, 0.5) is 5.69 Å². The van der Waals surface area contributed by atoms with E-state index < -0.39 is 0 Å². The molecule has 0 unspecified atom stereocenters. The summed E-state index contributed by atoms with van der Waals surface area (Å²) in [6, 6.07) is 13.1. The van der Waals surface area contributed by atoms with E-state index in [9.17, 15) is 9.59 Å². The second kappa shape index (κ2) is 8.67. The molecule has 3 rings (SSSR count). The molecule has 0 bridgehead atoms. The van der Waals surface area contributed by atoms with Crippen molar-refractivity contribution >= 4 is 29.3 Å². The van der Waals surface area contributed by atoms with Gasteiger partial charge in [-0.2, -0.15) is 0 Å². The number of thioether (sulfide) groups is 1. The summed E-state index contributed by atoms with van der Waals surface area (Å²) in [6.45, 7) is 1.68. The highest BCUT2D eigenvalue weighted by atomic mass is 32.2. The molecule has 0 radical (unpaired) electrons. The van der Waals surface area contributed by atoms with Crippen molar-refractivity contribution in [2.75, 3.05) is 24.2 Å². The standard InChI is InChI=1S/C19H21N3O2S/c23-17(21-16-6-2-1-3-7-16)10-13-25-18-9-8-15(14-20-18)19(24)22-11-4-5-12-22/h1-3,6-9,14H,4-5,10-13H2,(H,21,23). The van der Waals surface area contributed by atoms with Crippen molar-refractivity contribution in [2.24, 2.45) is 0 Å². The number of nitrogens with one attached hydrogen (secondary N) is 1. The number of likely N-dealkylation sites (tertiary alicyclic amines) is 1. The van der Waals surface area contributed by atoms with Crippen LogP contribution in [0, 0.1) is 0 Å². The SMILES string of the molecule is O=C(CCSc1ccc(C(=O)N2CCCC2)cn1)Nc1ccccc1. The lowest BCUT2D eigenvalue weighted by atomic mass is 10.2. The summed E-state index contributed by atoms with van der Waals surface area (Å²) in [5.41, 5.74) is 1.44. The summed E-state index contributed by atoms with van der Waals surface area (Å²) in [6.07, 6.45) is 4.21. The van der Waals surface area contributed by atoms with Crippen LogP contribution in [-0.2, 0) is 4.79 Å². The fourth-order valence-electron chi connectivity index (χ4n) is 2.69. The quantitative estimate of drug-likeness (QED) is 0.807. The van der Waals surface area contributed by atoms with Gasteiger partial charge in [0.15, 0.2) is 0 Å². The molecule has 1 aromatic carbocycles. The largest absolute Gasteiger partial charge is 0.339 e. The number of aromatic nitrogens is 1. The highest BCUT2D eigenvalue weighted by Crippen LogP contribution is 2.18. The lowest BCUT2D eigenvalue weighted by Gasteiger charge is -2.14. The Morgan fingerprint density at radius 1 is 1.08 bits per heavy atom. The molecule has 0 spiro atoms. The van der Waals surface area contributed by atoms with Gasteiger partial charge in [-0.05, 0) is 37.1 Å². The molecule has 2 heterocycles. The first-order valence-electron chi connectivity index (χ1n) is 8.45. The minimum Gasteiger partial charge on any atom is -0.339 e. The van der Waals surface area contributed by atoms with Crippen LogP contribution in [0.5, 0.6) is 0 Å². The number of hydrogen-bond acceptors (Lipinski definition) is 4. The molecule has 25 heavy (non-hydrogen) atoms. The zero-order chi connectivity index (χ0) is 17.5. The average Bonchev–Trinajstić information content (AvgIpc) is 3.17. The van der Waals surface area contributed by atoms with Crippen LogP contribution in [0.25, 0.3) is 0 Å². The van der Waals surface area contributed by atoms with Gasteiger partial charge in [-0.1, -0.05) is 18.2 Å². The normalized spacial score (nSPS) is 13.7. The van der Waals surface area contributed by atoms with Crippen LogP contribution in [0.3, 0.4) is 0 Å². The fraction of sp³-hybridized carbons (Fsp3) is 0.316. The molecule has 130 valence electrons. The molecule has 1 fully saturated rings. The zero-order valence-corrected chi connectivity index (χ0v) is 14.8. The van der Waals surface area contributed by atoms with Gasteiger partial charge in [-0.3, -0.25) is 9.59 Å². The maximum absolute atomic E-state index is 12.3. The minimum absolute atomic E-state index is 0.0143. The summed E-state index contributed by atoms with van der Waals surface area (Å²) < 4.78 is 0. The van der Waals surface area contributed by atoms with Crippen molar-refractivity contribution < 1.29 is 9.59 Å². The van der Waals surface area contributed by atoms with Crippen LogP contribution in [0.2, 0.25) is 0 Å². The summed E-state index contributed by atoms with van der Waals surface area (Å²) in [4.78, 5) is 30.4. The van der Waals surface area contributed by atoms with Crippen molar-refractivity contribution in [1.82, 2.24) is 9.88 Å². The first-order chi connectivity index (χ1) is 12.2. The summed E-state index contributed by atoms with van der Waals surface area (Å²) in [5, 5.41) is 3.69. The number of pyridine rings is 1. The average molecular weight is 355 g/mol. The number of benzene rings is 1. The lowest BCUT2D eigenvalue weighted by Crippen LogP contribution is -2.27. The third-order valence-corrected chi connectivity index (χ3v) is 4.96. The van der Waals surface area contributed by atoms with Crippen LogP contribution < -0.4 is 5.32 Å². The number of hydrogen-bond donors (Lipinski definition) is 1. The van der Waals surface area contributed by atoms with Gasteiger partial charge in [0, 0.05) is 37.1 Å². The first kappa shape index (κ1) is 17.5. The van der Waals surface area contributed by atoms with E-state index in [0.717, 1.165) is 36.6 Å². The van der Waals surface area contributed by atoms with E-state index in [-0.39, 0.29) is 11.8 Å². The second-order valence-electron chi connectivity index (χ2n) is 5.90. The minimum atomic E-state index is -0.0143. The molecular formula is C19H21N3O2S. The number of amides is 2. The van der Waals surface area contributed by atoms with Gasteiger partial charge in [0.25, 0.3) is 5.91 Å². The smallest absolute Gasteiger partial charge is 0.255 e. The second-order valence-corrected chi connectivity index (χ2v) is 7.01. The van der Waals surface area contributed by atoms with Crippen LogP contribution in [-0.4, -0.2) is 40.5 Å². The molecular weight excluding hydrogens is 334 g/mol. The zero-order valence-electron chi connectivity index (χ0n) is 14.0. The van der Waals surface area contributed by atoms with Crippen molar-refractivity contribution in [3.63, 3.8) is 0 Å². The van der Waals surface area contributed by atoms with Gasteiger partial charge in [0.05, 0.1) is 10.6 Å². The Morgan fingerprint density at radius 2 is 1.84 bits per heavy atom. The molecule has 1 saturated heterocycles. The Balaban J connectivity index is 1.44. The Bertz CT molecular complexity index is 713. The van der Waals surface area contributed by atoms with E-state index in [1.165, 1.54) is 11.8 Å². The third-order valence-electron chi connectivity index (χ3n) is 4.01. The number of anilines is 1. The van der Waals surface area contributed by atoms with Gasteiger partial charge in [-0.15, -0.1) is 11.8 Å². The van der Waals surface area contributed by atoms with Crippen molar-refractivity contribution in [3.05, 3.63) is 54.2 Å². The summed E-state index contributed by atoms with van der Waals surface area (Å²) in [7, 11) is 0.